The third-order valence-electron chi connectivity index (χ3n) is 4.11. The molecule has 2 amide bonds. The molecule has 0 atom stereocenters. The van der Waals surface area contributed by atoms with Crippen LogP contribution in [-0.4, -0.2) is 25.0 Å². The third-order valence-corrected chi connectivity index (χ3v) is 4.11. The number of ether oxygens (including phenoxy) is 1. The van der Waals surface area contributed by atoms with Gasteiger partial charge in [-0.2, -0.15) is 0 Å². The third kappa shape index (κ3) is 5.62. The highest BCUT2D eigenvalue weighted by Gasteiger charge is 2.09. The normalized spacial score (nSPS) is 10.3. The van der Waals surface area contributed by atoms with E-state index < -0.39 is 0 Å². The molecule has 0 bridgehead atoms. The predicted octanol–water partition coefficient (Wildman–Crippen LogP) is 3.44. The molecular formula is C21H26N2O3. The summed E-state index contributed by atoms with van der Waals surface area (Å²) in [6, 6.07) is 11.7. The zero-order chi connectivity index (χ0) is 19.1. The molecule has 2 rings (SSSR count). The predicted molar refractivity (Wildman–Crippen MR) is 104 cm³/mol. The summed E-state index contributed by atoms with van der Waals surface area (Å²) in [6.45, 7) is 8.08. The number of carbonyl (C=O) groups excluding carboxylic acids is 2. The Morgan fingerprint density at radius 1 is 0.923 bits per heavy atom. The first-order valence-corrected chi connectivity index (χ1v) is 8.69. The van der Waals surface area contributed by atoms with E-state index in [2.05, 4.69) is 10.6 Å². The van der Waals surface area contributed by atoms with Gasteiger partial charge in [0.05, 0.1) is 19.6 Å². The van der Waals surface area contributed by atoms with Crippen molar-refractivity contribution < 1.29 is 14.3 Å². The quantitative estimate of drug-likeness (QED) is 0.800. The van der Waals surface area contributed by atoms with E-state index in [1.165, 1.54) is 5.56 Å². The fourth-order valence-corrected chi connectivity index (χ4v) is 2.68. The van der Waals surface area contributed by atoms with Crippen molar-refractivity contribution in [3.63, 3.8) is 0 Å². The molecule has 0 saturated heterocycles. The number of amides is 2. The van der Waals surface area contributed by atoms with Gasteiger partial charge in [0.1, 0.15) is 5.75 Å². The summed E-state index contributed by atoms with van der Waals surface area (Å²) in [5.74, 6) is 0.314. The van der Waals surface area contributed by atoms with Gasteiger partial charge >= 0.3 is 0 Å². The van der Waals surface area contributed by atoms with E-state index in [0.29, 0.717) is 0 Å². The highest BCUT2D eigenvalue weighted by molar-refractivity contribution is 5.95. The molecule has 2 aromatic rings. The smallest absolute Gasteiger partial charge is 0.243 e. The molecule has 0 aliphatic rings. The zero-order valence-electron chi connectivity index (χ0n) is 15.8. The van der Waals surface area contributed by atoms with E-state index in [4.69, 9.17) is 4.74 Å². The number of aryl methyl sites for hydroxylation is 4. The minimum atomic E-state index is -0.244. The van der Waals surface area contributed by atoms with Crippen molar-refractivity contribution in [3.8, 4) is 5.75 Å². The summed E-state index contributed by atoms with van der Waals surface area (Å²) < 4.78 is 5.63. The Kier molecular flexibility index (Phi) is 6.78. The van der Waals surface area contributed by atoms with Crippen LogP contribution in [0.15, 0.2) is 36.4 Å². The number of hydrogen-bond acceptors (Lipinski definition) is 3. The van der Waals surface area contributed by atoms with E-state index in [0.717, 1.165) is 28.1 Å². The largest absolute Gasteiger partial charge is 0.493 e. The standard InChI is InChI=1S/C21H26N2O3/c1-14-8-9-18(17(4)12-14)26-11-10-19(24)22-13-20(25)23-21-15(2)6-5-7-16(21)3/h5-9,12H,10-11,13H2,1-4H3,(H,22,24)(H,23,25). The van der Waals surface area contributed by atoms with Gasteiger partial charge in [0.25, 0.3) is 0 Å². The topological polar surface area (TPSA) is 67.4 Å². The van der Waals surface area contributed by atoms with Crippen molar-refractivity contribution in [2.45, 2.75) is 34.1 Å². The molecule has 5 heteroatoms. The fourth-order valence-electron chi connectivity index (χ4n) is 2.68. The average molecular weight is 354 g/mol. The van der Waals surface area contributed by atoms with Gasteiger partial charge in [-0.1, -0.05) is 35.9 Å². The summed E-state index contributed by atoms with van der Waals surface area (Å²) >= 11 is 0. The minimum absolute atomic E-state index is 0.0594. The van der Waals surface area contributed by atoms with Gasteiger partial charge in [-0.25, -0.2) is 0 Å². The lowest BCUT2D eigenvalue weighted by Gasteiger charge is -2.12. The molecule has 0 unspecified atom stereocenters. The first-order chi connectivity index (χ1) is 12.4. The Bertz CT molecular complexity index is 780. The second-order valence-corrected chi connectivity index (χ2v) is 6.46. The van der Waals surface area contributed by atoms with Gasteiger partial charge in [-0.05, 0) is 50.5 Å². The molecule has 0 radical (unpaired) electrons. The van der Waals surface area contributed by atoms with Gasteiger partial charge in [-0.15, -0.1) is 0 Å². The molecule has 0 spiro atoms. The molecule has 0 aromatic heterocycles. The lowest BCUT2D eigenvalue weighted by Crippen LogP contribution is -2.33. The maximum atomic E-state index is 12.0. The Balaban J connectivity index is 1.73. The number of para-hydroxylation sites is 1. The molecular weight excluding hydrogens is 328 g/mol. The summed E-state index contributed by atoms with van der Waals surface area (Å²) in [4.78, 5) is 23.9. The van der Waals surface area contributed by atoms with Crippen LogP contribution in [-0.2, 0) is 9.59 Å². The van der Waals surface area contributed by atoms with E-state index in [1.807, 2.05) is 64.1 Å². The number of hydrogen-bond donors (Lipinski definition) is 2. The summed E-state index contributed by atoms with van der Waals surface area (Å²) in [6.07, 6.45) is 0.198. The lowest BCUT2D eigenvalue weighted by molar-refractivity contribution is -0.124. The molecule has 0 heterocycles. The number of anilines is 1. The maximum Gasteiger partial charge on any atom is 0.243 e. The van der Waals surface area contributed by atoms with Crippen LogP contribution in [0.4, 0.5) is 5.69 Å². The molecule has 0 aliphatic carbocycles. The van der Waals surface area contributed by atoms with E-state index in [-0.39, 0.29) is 31.4 Å². The monoisotopic (exact) mass is 354 g/mol. The molecule has 0 saturated carbocycles. The Morgan fingerprint density at radius 3 is 2.27 bits per heavy atom. The van der Waals surface area contributed by atoms with Crippen LogP contribution >= 0.6 is 0 Å². The second kappa shape index (κ2) is 9.04. The lowest BCUT2D eigenvalue weighted by atomic mass is 10.1. The van der Waals surface area contributed by atoms with Crippen LogP contribution in [0, 0.1) is 27.7 Å². The van der Waals surface area contributed by atoms with Crippen molar-refractivity contribution >= 4 is 17.5 Å². The number of benzene rings is 2. The van der Waals surface area contributed by atoms with Crippen molar-refractivity contribution in [2.75, 3.05) is 18.5 Å². The Hall–Kier alpha value is -2.82. The molecule has 2 N–H and O–H groups in total. The van der Waals surface area contributed by atoms with Crippen LogP contribution in [0.2, 0.25) is 0 Å². The maximum absolute atomic E-state index is 12.0. The van der Waals surface area contributed by atoms with Gasteiger partial charge in [0.15, 0.2) is 0 Å². The summed E-state index contributed by atoms with van der Waals surface area (Å²) in [5.41, 5.74) is 4.99. The molecule has 138 valence electrons. The number of carbonyl (C=O) groups is 2. The highest BCUT2D eigenvalue weighted by Crippen LogP contribution is 2.19. The van der Waals surface area contributed by atoms with E-state index >= 15 is 0 Å². The van der Waals surface area contributed by atoms with Crippen LogP contribution in [0.25, 0.3) is 0 Å². The molecule has 26 heavy (non-hydrogen) atoms. The zero-order valence-corrected chi connectivity index (χ0v) is 15.8. The van der Waals surface area contributed by atoms with Gasteiger partial charge in [0.2, 0.25) is 11.8 Å². The van der Waals surface area contributed by atoms with Crippen LogP contribution in [0.1, 0.15) is 28.7 Å². The molecule has 2 aromatic carbocycles. The summed E-state index contributed by atoms with van der Waals surface area (Å²) in [7, 11) is 0. The fraction of sp³-hybridized carbons (Fsp3) is 0.333. The van der Waals surface area contributed by atoms with Crippen molar-refractivity contribution in [3.05, 3.63) is 58.7 Å². The number of nitrogens with one attached hydrogen (secondary N) is 2. The molecule has 5 nitrogen and oxygen atoms in total. The van der Waals surface area contributed by atoms with Crippen molar-refractivity contribution in [2.24, 2.45) is 0 Å². The van der Waals surface area contributed by atoms with Crippen LogP contribution in [0.5, 0.6) is 5.75 Å². The SMILES string of the molecule is Cc1ccc(OCCC(=O)NCC(=O)Nc2c(C)cccc2C)c(C)c1. The number of rotatable bonds is 7. The minimum Gasteiger partial charge on any atom is -0.493 e. The van der Waals surface area contributed by atoms with Crippen molar-refractivity contribution in [1.29, 1.82) is 0 Å². The highest BCUT2D eigenvalue weighted by atomic mass is 16.5. The molecule has 0 fully saturated rings. The van der Waals surface area contributed by atoms with Crippen LogP contribution < -0.4 is 15.4 Å². The Morgan fingerprint density at radius 2 is 1.62 bits per heavy atom. The van der Waals surface area contributed by atoms with Crippen molar-refractivity contribution in [1.82, 2.24) is 5.32 Å². The first kappa shape index (κ1) is 19.5. The second-order valence-electron chi connectivity index (χ2n) is 6.46. The van der Waals surface area contributed by atoms with E-state index in [1.54, 1.807) is 0 Å². The average Bonchev–Trinajstić information content (AvgIpc) is 2.58. The van der Waals surface area contributed by atoms with E-state index in [9.17, 15) is 9.59 Å². The Labute approximate surface area is 154 Å². The van der Waals surface area contributed by atoms with Gasteiger partial charge < -0.3 is 15.4 Å². The first-order valence-electron chi connectivity index (χ1n) is 8.69. The van der Waals surface area contributed by atoms with Gasteiger partial charge in [-0.3, -0.25) is 9.59 Å². The van der Waals surface area contributed by atoms with Crippen LogP contribution in [0.3, 0.4) is 0 Å². The summed E-state index contributed by atoms with van der Waals surface area (Å²) in [5, 5.41) is 5.46. The van der Waals surface area contributed by atoms with Gasteiger partial charge in [0, 0.05) is 5.69 Å². The molecule has 0 aliphatic heterocycles.